The molecule has 0 aliphatic heterocycles. The number of para-hydroxylation sites is 1. The maximum Gasteiger partial charge on any atom is 0.240 e. The van der Waals surface area contributed by atoms with E-state index in [1.165, 1.54) is 0 Å². The van der Waals surface area contributed by atoms with E-state index >= 15 is 0 Å². The summed E-state index contributed by atoms with van der Waals surface area (Å²) in [6.45, 7) is 4.00. The van der Waals surface area contributed by atoms with Crippen LogP contribution in [0, 0.1) is 11.3 Å². The molecule has 110 valence electrons. The number of imidazole rings is 1. The van der Waals surface area contributed by atoms with Crippen LogP contribution in [0.5, 0.6) is 0 Å². The van der Waals surface area contributed by atoms with E-state index in [1.54, 1.807) is 12.1 Å². The molecule has 0 spiro atoms. The van der Waals surface area contributed by atoms with E-state index in [-0.39, 0.29) is 18.5 Å². The number of rotatable bonds is 5. The van der Waals surface area contributed by atoms with Gasteiger partial charge in [0.25, 0.3) is 0 Å². The Bertz CT molecular complexity index is 699. The van der Waals surface area contributed by atoms with E-state index in [2.05, 4.69) is 16.4 Å². The molecule has 0 fully saturated rings. The average molecular weight is 305 g/mol. The molecule has 0 atom stereocenters. The minimum Gasteiger partial charge on any atom is -0.352 e. The number of aromatic nitrogens is 2. The van der Waals surface area contributed by atoms with E-state index in [1.807, 2.05) is 24.5 Å². The Kier molecular flexibility index (Phi) is 4.81. The Balaban J connectivity index is 2.47. The lowest BCUT2D eigenvalue weighted by Crippen LogP contribution is -2.33. The van der Waals surface area contributed by atoms with Crippen LogP contribution in [0.1, 0.15) is 25.2 Å². The normalized spacial score (nSPS) is 10.8. The molecule has 2 aromatic rings. The number of amides is 1. The Morgan fingerprint density at radius 2 is 2.29 bits per heavy atom. The van der Waals surface area contributed by atoms with Crippen molar-refractivity contribution in [3.8, 4) is 6.07 Å². The van der Waals surface area contributed by atoms with Crippen LogP contribution < -0.4 is 5.32 Å². The summed E-state index contributed by atoms with van der Waals surface area (Å²) >= 11 is 5.81. The Morgan fingerprint density at radius 1 is 1.52 bits per heavy atom. The summed E-state index contributed by atoms with van der Waals surface area (Å²) in [6, 6.07) is 7.59. The molecule has 1 amide bonds. The van der Waals surface area contributed by atoms with Gasteiger partial charge in [-0.25, -0.2) is 4.98 Å². The number of nitrogens with zero attached hydrogens (tertiary/aromatic N) is 3. The predicted octanol–water partition coefficient (Wildman–Crippen LogP) is 2.21. The summed E-state index contributed by atoms with van der Waals surface area (Å²) in [7, 11) is 0. The third kappa shape index (κ3) is 3.34. The molecular formula is C15H17ClN4O. The number of nitrogens with one attached hydrogen (secondary N) is 1. The van der Waals surface area contributed by atoms with E-state index in [4.69, 9.17) is 16.9 Å². The Hall–Kier alpha value is -2.06. The highest BCUT2D eigenvalue weighted by Gasteiger charge is 2.15. The average Bonchev–Trinajstić information content (AvgIpc) is 2.76. The molecule has 5 nitrogen and oxygen atoms in total. The lowest BCUT2D eigenvalue weighted by atomic mass is 10.2. The largest absolute Gasteiger partial charge is 0.352 e. The van der Waals surface area contributed by atoms with E-state index < -0.39 is 0 Å². The molecule has 0 saturated heterocycles. The van der Waals surface area contributed by atoms with Crippen molar-refractivity contribution in [2.75, 3.05) is 5.88 Å². The van der Waals surface area contributed by atoms with Crippen LogP contribution >= 0.6 is 11.6 Å². The highest BCUT2D eigenvalue weighted by Crippen LogP contribution is 2.20. The van der Waals surface area contributed by atoms with E-state index in [0.29, 0.717) is 23.4 Å². The first-order chi connectivity index (χ1) is 10.1. The van der Waals surface area contributed by atoms with E-state index in [9.17, 15) is 4.79 Å². The van der Waals surface area contributed by atoms with Gasteiger partial charge in [0.2, 0.25) is 5.91 Å². The fourth-order valence-electron chi connectivity index (χ4n) is 2.25. The second-order valence-corrected chi connectivity index (χ2v) is 5.44. The van der Waals surface area contributed by atoms with Gasteiger partial charge >= 0.3 is 0 Å². The van der Waals surface area contributed by atoms with Crippen LogP contribution in [0.3, 0.4) is 0 Å². The minimum absolute atomic E-state index is 0.0810. The molecule has 2 rings (SSSR count). The number of alkyl halides is 1. The standard InChI is InChI=1S/C15H17ClN4O/c1-10(2)18-14(21)9-20-12-5-3-4-11(8-17)15(12)19-13(20)6-7-16/h3-5,10H,6-7,9H2,1-2H3,(H,18,21). The fourth-order valence-corrected chi connectivity index (χ4v) is 2.42. The number of hydrogen-bond donors (Lipinski definition) is 1. The summed E-state index contributed by atoms with van der Waals surface area (Å²) in [5.41, 5.74) is 1.91. The molecule has 0 bridgehead atoms. The molecule has 1 aromatic carbocycles. The van der Waals surface area contributed by atoms with Gasteiger partial charge in [0.15, 0.2) is 0 Å². The highest BCUT2D eigenvalue weighted by molar-refractivity contribution is 6.17. The Labute approximate surface area is 128 Å². The van der Waals surface area contributed by atoms with Gasteiger partial charge in [0.05, 0.1) is 11.1 Å². The predicted molar refractivity (Wildman–Crippen MR) is 82.2 cm³/mol. The van der Waals surface area contributed by atoms with Gasteiger partial charge in [0, 0.05) is 18.3 Å². The van der Waals surface area contributed by atoms with Crippen LogP contribution in [-0.2, 0) is 17.8 Å². The first kappa shape index (κ1) is 15.3. The molecule has 0 radical (unpaired) electrons. The van der Waals surface area contributed by atoms with Crippen molar-refractivity contribution in [3.05, 3.63) is 29.6 Å². The molecule has 21 heavy (non-hydrogen) atoms. The monoisotopic (exact) mass is 304 g/mol. The Morgan fingerprint density at radius 3 is 2.90 bits per heavy atom. The fraction of sp³-hybridized carbons (Fsp3) is 0.400. The van der Waals surface area contributed by atoms with Gasteiger partial charge < -0.3 is 9.88 Å². The van der Waals surface area contributed by atoms with Gasteiger partial charge in [-0.3, -0.25) is 4.79 Å². The summed E-state index contributed by atoms with van der Waals surface area (Å²) in [5, 5.41) is 12.0. The number of carbonyl (C=O) groups is 1. The third-order valence-electron chi connectivity index (χ3n) is 3.05. The second kappa shape index (κ2) is 6.59. The molecule has 0 aliphatic rings. The van der Waals surface area contributed by atoms with Crippen LogP contribution in [0.15, 0.2) is 18.2 Å². The topological polar surface area (TPSA) is 70.7 Å². The summed E-state index contributed by atoms with van der Waals surface area (Å²) in [5.74, 6) is 1.06. The molecular weight excluding hydrogens is 288 g/mol. The van der Waals surface area contributed by atoms with Gasteiger partial charge in [0.1, 0.15) is 24.0 Å². The van der Waals surface area contributed by atoms with E-state index in [0.717, 1.165) is 11.3 Å². The molecule has 6 heteroatoms. The van der Waals surface area contributed by atoms with Gasteiger partial charge in [-0.05, 0) is 26.0 Å². The molecule has 0 saturated carbocycles. The van der Waals surface area contributed by atoms with Crippen molar-refractivity contribution in [1.82, 2.24) is 14.9 Å². The quantitative estimate of drug-likeness (QED) is 0.861. The zero-order valence-corrected chi connectivity index (χ0v) is 12.8. The molecule has 1 N–H and O–H groups in total. The lowest BCUT2D eigenvalue weighted by molar-refractivity contribution is -0.122. The van der Waals surface area contributed by atoms with Crippen molar-refractivity contribution in [3.63, 3.8) is 0 Å². The minimum atomic E-state index is -0.0810. The second-order valence-electron chi connectivity index (χ2n) is 5.06. The molecule has 0 aliphatic carbocycles. The van der Waals surface area contributed by atoms with Crippen molar-refractivity contribution in [2.45, 2.75) is 32.9 Å². The lowest BCUT2D eigenvalue weighted by Gasteiger charge is -2.11. The third-order valence-corrected chi connectivity index (χ3v) is 3.24. The van der Waals surface area contributed by atoms with Crippen LogP contribution in [0.25, 0.3) is 11.0 Å². The van der Waals surface area contributed by atoms with Crippen molar-refractivity contribution >= 4 is 28.5 Å². The van der Waals surface area contributed by atoms with Gasteiger partial charge in [-0.2, -0.15) is 5.26 Å². The number of carbonyl (C=O) groups excluding carboxylic acids is 1. The molecule has 0 unspecified atom stereocenters. The molecule has 1 aromatic heterocycles. The number of nitriles is 1. The van der Waals surface area contributed by atoms with Gasteiger partial charge in [-0.1, -0.05) is 6.07 Å². The molecule has 1 heterocycles. The maximum atomic E-state index is 12.0. The summed E-state index contributed by atoms with van der Waals surface area (Å²) in [4.78, 5) is 16.5. The van der Waals surface area contributed by atoms with Crippen LogP contribution in [-0.4, -0.2) is 27.4 Å². The number of halogens is 1. The van der Waals surface area contributed by atoms with Crippen molar-refractivity contribution in [2.24, 2.45) is 0 Å². The van der Waals surface area contributed by atoms with Crippen molar-refractivity contribution in [1.29, 1.82) is 5.26 Å². The van der Waals surface area contributed by atoms with Crippen LogP contribution in [0.4, 0.5) is 0 Å². The number of aryl methyl sites for hydroxylation is 1. The smallest absolute Gasteiger partial charge is 0.240 e. The summed E-state index contributed by atoms with van der Waals surface area (Å²) < 4.78 is 1.83. The SMILES string of the molecule is CC(C)NC(=O)Cn1c(CCCl)nc2c(C#N)cccc21. The van der Waals surface area contributed by atoms with Crippen molar-refractivity contribution < 1.29 is 4.79 Å². The van der Waals surface area contributed by atoms with Crippen LogP contribution in [0.2, 0.25) is 0 Å². The first-order valence-electron chi connectivity index (χ1n) is 6.80. The number of hydrogen-bond acceptors (Lipinski definition) is 3. The maximum absolute atomic E-state index is 12.0. The number of benzene rings is 1. The van der Waals surface area contributed by atoms with Gasteiger partial charge in [-0.15, -0.1) is 11.6 Å². The zero-order chi connectivity index (χ0) is 15.4. The first-order valence-corrected chi connectivity index (χ1v) is 7.33. The zero-order valence-electron chi connectivity index (χ0n) is 12.1. The highest BCUT2D eigenvalue weighted by atomic mass is 35.5. The number of fused-ring (bicyclic) bond motifs is 1. The summed E-state index contributed by atoms with van der Waals surface area (Å²) in [6.07, 6.45) is 0.552.